The first-order valence-electron chi connectivity index (χ1n) is 8.25. The number of carbonyl (C=O) groups is 1. The van der Waals surface area contributed by atoms with E-state index in [9.17, 15) is 4.79 Å². The van der Waals surface area contributed by atoms with Gasteiger partial charge in [-0.3, -0.25) is 4.79 Å². The summed E-state index contributed by atoms with van der Waals surface area (Å²) in [5.74, 6) is 0. The maximum atomic E-state index is 12.2. The molecule has 25 heavy (non-hydrogen) atoms. The number of amides is 1. The van der Waals surface area contributed by atoms with Gasteiger partial charge in [-0.1, -0.05) is 80.6 Å². The Morgan fingerprint density at radius 1 is 1.08 bits per heavy atom. The monoisotopic (exact) mass is 327 g/mol. The minimum atomic E-state index is -0.525. The van der Waals surface area contributed by atoms with Crippen LogP contribution in [0, 0.1) is 5.41 Å². The number of rotatable bonds is 3. The van der Waals surface area contributed by atoms with E-state index in [0.29, 0.717) is 5.69 Å². The third kappa shape index (κ3) is 5.52. The Kier molecular flexibility index (Phi) is 6.53. The molecule has 3 nitrogen and oxygen atoms in total. The minimum Gasteiger partial charge on any atom is -0.591 e. The SMILES string of the molecule is CC1(C)C/C(=C\c2ccccc2)C(OC(=O)[N-]c2ccccc2)C1.[Li+]. The third-order valence-corrected chi connectivity index (χ3v) is 4.21. The topological polar surface area (TPSA) is 40.4 Å². The fourth-order valence-corrected chi connectivity index (χ4v) is 3.15. The number of carbonyl (C=O) groups excluding carboxylic acids is 1. The molecule has 1 amide bonds. The largest absolute Gasteiger partial charge is 1.00 e. The number of hydrogen-bond donors (Lipinski definition) is 0. The second-order valence-electron chi connectivity index (χ2n) is 6.99. The van der Waals surface area contributed by atoms with Gasteiger partial charge in [-0.15, -0.1) is 5.69 Å². The summed E-state index contributed by atoms with van der Waals surface area (Å²) in [7, 11) is 0. The van der Waals surface area contributed by atoms with Crippen molar-refractivity contribution < 1.29 is 28.4 Å². The minimum absolute atomic E-state index is 0. The molecule has 0 bridgehead atoms. The molecule has 1 aliphatic carbocycles. The van der Waals surface area contributed by atoms with Crippen molar-refractivity contribution in [2.75, 3.05) is 0 Å². The smallest absolute Gasteiger partial charge is 0.591 e. The van der Waals surface area contributed by atoms with Gasteiger partial charge in [-0.05, 0) is 29.4 Å². The van der Waals surface area contributed by atoms with Crippen LogP contribution in [0.1, 0.15) is 32.3 Å². The number of hydrogen-bond acceptors (Lipinski definition) is 2. The molecule has 0 radical (unpaired) electrons. The van der Waals surface area contributed by atoms with E-state index < -0.39 is 6.09 Å². The molecule has 1 saturated carbocycles. The van der Waals surface area contributed by atoms with Crippen molar-refractivity contribution in [3.8, 4) is 0 Å². The zero-order valence-corrected chi connectivity index (χ0v) is 15.1. The van der Waals surface area contributed by atoms with E-state index >= 15 is 0 Å². The Balaban J connectivity index is 0.00000225. The van der Waals surface area contributed by atoms with Gasteiger partial charge in [0.05, 0.1) is 0 Å². The fraction of sp³-hybridized carbons (Fsp3) is 0.286. The van der Waals surface area contributed by atoms with E-state index in [4.69, 9.17) is 4.74 Å². The first-order chi connectivity index (χ1) is 11.5. The maximum Gasteiger partial charge on any atom is 1.00 e. The molecule has 1 fully saturated rings. The standard InChI is InChI=1S/C21H23NO2.Li/c1-21(2)14-17(13-16-9-5-3-6-10-16)19(15-21)24-20(23)22-18-11-7-4-8-12-18;/h3-13,19H,14-15H2,1-2H3,(H,22,23);/q;+1/p-1/b17-13+;. The van der Waals surface area contributed by atoms with Crippen LogP contribution in [0.2, 0.25) is 0 Å². The molecule has 1 unspecified atom stereocenters. The van der Waals surface area contributed by atoms with Crippen molar-refractivity contribution in [2.45, 2.75) is 32.8 Å². The fourth-order valence-electron chi connectivity index (χ4n) is 3.15. The predicted octanol–water partition coefficient (Wildman–Crippen LogP) is 3.10. The second-order valence-corrected chi connectivity index (χ2v) is 6.99. The molecule has 0 aromatic heterocycles. The Morgan fingerprint density at radius 2 is 1.68 bits per heavy atom. The summed E-state index contributed by atoms with van der Waals surface area (Å²) in [6, 6.07) is 19.3. The van der Waals surface area contributed by atoms with Crippen LogP contribution in [-0.2, 0) is 4.74 Å². The molecule has 0 N–H and O–H groups in total. The van der Waals surface area contributed by atoms with E-state index in [0.717, 1.165) is 24.0 Å². The summed E-state index contributed by atoms with van der Waals surface area (Å²) >= 11 is 0. The van der Waals surface area contributed by atoms with E-state index in [-0.39, 0.29) is 30.4 Å². The van der Waals surface area contributed by atoms with Crippen molar-refractivity contribution in [3.63, 3.8) is 0 Å². The van der Waals surface area contributed by atoms with Crippen molar-refractivity contribution in [3.05, 3.63) is 77.1 Å². The Morgan fingerprint density at radius 3 is 2.32 bits per heavy atom. The first-order valence-corrected chi connectivity index (χ1v) is 8.25. The van der Waals surface area contributed by atoms with Gasteiger partial charge in [0.25, 0.3) is 0 Å². The van der Waals surface area contributed by atoms with Crippen molar-refractivity contribution >= 4 is 17.9 Å². The second kappa shape index (κ2) is 8.43. The summed E-state index contributed by atoms with van der Waals surface area (Å²) < 4.78 is 5.66. The van der Waals surface area contributed by atoms with Crippen LogP contribution < -0.4 is 18.9 Å². The van der Waals surface area contributed by atoms with Crippen LogP contribution in [0.3, 0.4) is 0 Å². The zero-order valence-electron chi connectivity index (χ0n) is 15.1. The van der Waals surface area contributed by atoms with Gasteiger partial charge in [-0.2, -0.15) is 0 Å². The predicted molar refractivity (Wildman–Crippen MR) is 97.2 cm³/mol. The van der Waals surface area contributed by atoms with E-state index in [2.05, 4.69) is 37.4 Å². The van der Waals surface area contributed by atoms with Gasteiger partial charge in [0.15, 0.2) is 0 Å². The Labute approximate surface area is 161 Å². The number of nitrogens with zero attached hydrogens (tertiary/aromatic N) is 1. The zero-order chi connectivity index (χ0) is 17.0. The Bertz CT molecular complexity index is 726. The van der Waals surface area contributed by atoms with Crippen LogP contribution in [0.15, 0.2) is 66.2 Å². The third-order valence-electron chi connectivity index (χ3n) is 4.21. The van der Waals surface area contributed by atoms with Gasteiger partial charge in [0.2, 0.25) is 6.09 Å². The molecule has 2 aromatic carbocycles. The summed E-state index contributed by atoms with van der Waals surface area (Å²) in [6.45, 7) is 4.40. The number of ether oxygens (including phenoxy) is 1. The van der Waals surface area contributed by atoms with Gasteiger partial charge < -0.3 is 10.1 Å². The molecule has 0 heterocycles. The van der Waals surface area contributed by atoms with Gasteiger partial charge in [0.1, 0.15) is 6.10 Å². The van der Waals surface area contributed by atoms with Crippen LogP contribution in [0.25, 0.3) is 11.4 Å². The molecule has 124 valence electrons. The summed E-state index contributed by atoms with van der Waals surface area (Å²) in [5.41, 5.74) is 3.03. The van der Waals surface area contributed by atoms with E-state index in [1.54, 1.807) is 12.1 Å². The first kappa shape index (κ1) is 19.4. The molecular weight excluding hydrogens is 305 g/mol. The average molecular weight is 327 g/mol. The summed E-state index contributed by atoms with van der Waals surface area (Å²) in [4.78, 5) is 12.2. The van der Waals surface area contributed by atoms with Crippen LogP contribution in [0.5, 0.6) is 0 Å². The Hall–Kier alpha value is -1.95. The van der Waals surface area contributed by atoms with E-state index in [1.165, 1.54) is 0 Å². The molecular formula is C21H22LiNO2. The number of benzene rings is 2. The molecule has 0 saturated heterocycles. The van der Waals surface area contributed by atoms with Crippen LogP contribution in [-0.4, -0.2) is 12.2 Å². The van der Waals surface area contributed by atoms with Gasteiger partial charge in [0, 0.05) is 0 Å². The van der Waals surface area contributed by atoms with Crippen molar-refractivity contribution in [2.24, 2.45) is 5.41 Å². The summed E-state index contributed by atoms with van der Waals surface area (Å²) in [6.07, 6.45) is 3.14. The molecule has 1 atom stereocenters. The summed E-state index contributed by atoms with van der Waals surface area (Å²) in [5, 5.41) is 4.02. The van der Waals surface area contributed by atoms with Crippen LogP contribution in [0.4, 0.5) is 10.5 Å². The van der Waals surface area contributed by atoms with E-state index in [1.807, 2.05) is 36.4 Å². The maximum absolute atomic E-state index is 12.2. The van der Waals surface area contributed by atoms with Crippen molar-refractivity contribution in [1.29, 1.82) is 0 Å². The van der Waals surface area contributed by atoms with Crippen molar-refractivity contribution in [1.82, 2.24) is 0 Å². The molecule has 2 aromatic rings. The molecule has 3 rings (SSSR count). The van der Waals surface area contributed by atoms with Gasteiger partial charge in [-0.25, -0.2) is 0 Å². The normalized spacial score (nSPS) is 19.9. The van der Waals surface area contributed by atoms with Gasteiger partial charge >= 0.3 is 18.9 Å². The molecule has 4 heteroatoms. The average Bonchev–Trinajstić information content (AvgIpc) is 2.82. The molecule has 0 spiro atoms. The molecule has 0 aliphatic heterocycles. The quantitative estimate of drug-likeness (QED) is 0.813. The van der Waals surface area contributed by atoms with Crippen LogP contribution >= 0.6 is 0 Å². The number of para-hydroxylation sites is 1. The molecule has 1 aliphatic rings.